The molecule has 0 fully saturated rings. The monoisotopic (exact) mass is 423 g/mol. The van der Waals surface area contributed by atoms with Gasteiger partial charge in [0.15, 0.2) is 12.2 Å². The fourth-order valence-electron chi connectivity index (χ4n) is 2.43. The van der Waals surface area contributed by atoms with Crippen LogP contribution in [0.15, 0.2) is 24.3 Å². The van der Waals surface area contributed by atoms with Crippen molar-refractivity contribution in [3.05, 3.63) is 29.8 Å². The van der Waals surface area contributed by atoms with Crippen LogP contribution >= 0.6 is 0 Å². The number of carbonyl (C=O) groups is 5. The topological polar surface area (TPSA) is 134 Å². The third-order valence-electron chi connectivity index (χ3n) is 3.61. The first kappa shape index (κ1) is 24.6. The number of carbonyl (C=O) groups excluding carboxylic acids is 5. The van der Waals surface area contributed by atoms with E-state index in [1.165, 1.54) is 0 Å². The normalized spacial score (nSPS) is 13.2. The number of aryl methyl sites for hydroxylation is 1. The van der Waals surface area contributed by atoms with Crippen molar-refractivity contribution in [2.24, 2.45) is 0 Å². The Bertz CT molecular complexity index is 788. The number of esters is 4. The average molecular weight is 423 g/mol. The average Bonchev–Trinajstić information content (AvgIpc) is 2.62. The van der Waals surface area contributed by atoms with E-state index in [2.05, 4.69) is 5.32 Å². The number of benzene rings is 1. The molecule has 0 bridgehead atoms. The summed E-state index contributed by atoms with van der Waals surface area (Å²) in [6.45, 7) is 5.67. The standard InChI is InChI=1S/C20H25NO9/c1-11-6-8-16(9-7-11)21-20(26)19(30-15(5)25)18(29-14(4)24)17(28-13(3)23)10-27-12(2)22/h6-9,17-19H,10H2,1-5H3,(H,21,26)/t17-,18-,19+/m0/s1. The van der Waals surface area contributed by atoms with Crippen LogP contribution in [0, 0.1) is 6.92 Å². The van der Waals surface area contributed by atoms with Gasteiger partial charge in [0.1, 0.15) is 6.61 Å². The predicted octanol–water partition coefficient (Wildman–Crippen LogP) is 1.29. The molecule has 1 aromatic rings. The molecule has 0 radical (unpaired) electrons. The zero-order valence-corrected chi connectivity index (χ0v) is 17.4. The van der Waals surface area contributed by atoms with E-state index in [-0.39, 0.29) is 0 Å². The van der Waals surface area contributed by atoms with Crippen LogP contribution in [0.25, 0.3) is 0 Å². The van der Waals surface area contributed by atoms with E-state index in [4.69, 9.17) is 18.9 Å². The van der Waals surface area contributed by atoms with Crippen molar-refractivity contribution in [1.82, 2.24) is 0 Å². The molecule has 0 unspecified atom stereocenters. The van der Waals surface area contributed by atoms with Gasteiger partial charge in [0.2, 0.25) is 6.10 Å². The molecule has 164 valence electrons. The number of ether oxygens (including phenoxy) is 4. The lowest BCUT2D eigenvalue weighted by atomic mass is 10.1. The molecule has 0 spiro atoms. The van der Waals surface area contributed by atoms with Gasteiger partial charge in [-0.05, 0) is 19.1 Å². The molecule has 0 heterocycles. The maximum absolute atomic E-state index is 12.9. The van der Waals surface area contributed by atoms with Crippen LogP contribution in [-0.2, 0) is 42.9 Å². The summed E-state index contributed by atoms with van der Waals surface area (Å²) in [7, 11) is 0. The molecule has 10 heteroatoms. The fraction of sp³-hybridized carbons (Fsp3) is 0.450. The summed E-state index contributed by atoms with van der Waals surface area (Å²) in [6.07, 6.45) is -4.66. The Hall–Kier alpha value is -3.43. The first-order chi connectivity index (χ1) is 14.0. The second-order valence-corrected chi connectivity index (χ2v) is 6.41. The highest BCUT2D eigenvalue weighted by atomic mass is 16.6. The first-order valence-electron chi connectivity index (χ1n) is 9.02. The van der Waals surface area contributed by atoms with Crippen LogP contribution in [0.5, 0.6) is 0 Å². The van der Waals surface area contributed by atoms with Gasteiger partial charge in [-0.3, -0.25) is 24.0 Å². The van der Waals surface area contributed by atoms with Crippen LogP contribution in [0.4, 0.5) is 5.69 Å². The molecule has 0 saturated heterocycles. The molecule has 1 aromatic carbocycles. The Morgan fingerprint density at radius 1 is 0.800 bits per heavy atom. The summed E-state index contributed by atoms with van der Waals surface area (Å²) in [6, 6.07) is 6.76. The fourth-order valence-corrected chi connectivity index (χ4v) is 2.43. The van der Waals surface area contributed by atoms with Crippen LogP contribution in [0.1, 0.15) is 33.3 Å². The minimum Gasteiger partial charge on any atom is -0.462 e. The van der Waals surface area contributed by atoms with Crippen molar-refractivity contribution in [2.45, 2.75) is 52.9 Å². The molecular formula is C20H25NO9. The van der Waals surface area contributed by atoms with E-state index >= 15 is 0 Å². The van der Waals surface area contributed by atoms with Crippen molar-refractivity contribution in [3.63, 3.8) is 0 Å². The third kappa shape index (κ3) is 8.72. The molecule has 0 aliphatic carbocycles. The summed E-state index contributed by atoms with van der Waals surface area (Å²) < 4.78 is 20.2. The molecule has 1 N–H and O–H groups in total. The molecule has 0 saturated carbocycles. The molecule has 30 heavy (non-hydrogen) atoms. The summed E-state index contributed by atoms with van der Waals surface area (Å²) >= 11 is 0. The zero-order chi connectivity index (χ0) is 22.8. The lowest BCUT2D eigenvalue weighted by Gasteiger charge is -2.30. The van der Waals surface area contributed by atoms with Gasteiger partial charge in [-0.15, -0.1) is 0 Å². The Labute approximate surface area is 173 Å². The highest BCUT2D eigenvalue weighted by Gasteiger charge is 2.42. The van der Waals surface area contributed by atoms with Gasteiger partial charge in [-0.2, -0.15) is 0 Å². The number of amides is 1. The molecule has 0 aliphatic rings. The van der Waals surface area contributed by atoms with Crippen molar-refractivity contribution >= 4 is 35.5 Å². The zero-order valence-electron chi connectivity index (χ0n) is 17.4. The number of hydrogen-bond acceptors (Lipinski definition) is 9. The van der Waals surface area contributed by atoms with E-state index in [1.54, 1.807) is 24.3 Å². The first-order valence-corrected chi connectivity index (χ1v) is 9.02. The number of rotatable bonds is 9. The Morgan fingerprint density at radius 3 is 1.80 bits per heavy atom. The van der Waals surface area contributed by atoms with Crippen LogP contribution in [0.3, 0.4) is 0 Å². The van der Waals surface area contributed by atoms with E-state index in [1.807, 2.05) is 6.92 Å². The van der Waals surface area contributed by atoms with Crippen molar-refractivity contribution in [1.29, 1.82) is 0 Å². The predicted molar refractivity (Wildman–Crippen MR) is 103 cm³/mol. The molecule has 3 atom stereocenters. The Morgan fingerprint density at radius 2 is 1.33 bits per heavy atom. The quantitative estimate of drug-likeness (QED) is 0.460. The molecule has 0 aliphatic heterocycles. The molecular weight excluding hydrogens is 398 g/mol. The summed E-state index contributed by atoms with van der Waals surface area (Å²) in [5.74, 6) is -3.99. The number of anilines is 1. The summed E-state index contributed by atoms with van der Waals surface area (Å²) in [5, 5.41) is 2.55. The number of nitrogens with one attached hydrogen (secondary N) is 1. The second kappa shape index (κ2) is 11.5. The molecule has 10 nitrogen and oxygen atoms in total. The van der Waals surface area contributed by atoms with E-state index in [0.29, 0.717) is 5.69 Å². The minimum absolute atomic E-state index is 0.397. The Balaban J connectivity index is 3.25. The van der Waals surface area contributed by atoms with Crippen LogP contribution in [-0.4, -0.2) is 54.7 Å². The lowest BCUT2D eigenvalue weighted by Crippen LogP contribution is -2.52. The van der Waals surface area contributed by atoms with Crippen molar-refractivity contribution in [3.8, 4) is 0 Å². The highest BCUT2D eigenvalue weighted by Crippen LogP contribution is 2.18. The SMILES string of the molecule is CC(=O)OC[C@H](OC(C)=O)[C@H](OC(C)=O)[C@@H](OC(C)=O)C(=O)Nc1ccc(C)cc1. The molecule has 1 rings (SSSR count). The van der Waals surface area contributed by atoms with Crippen LogP contribution < -0.4 is 5.32 Å². The molecule has 1 amide bonds. The number of hydrogen-bond donors (Lipinski definition) is 1. The maximum atomic E-state index is 12.9. The summed E-state index contributed by atoms with van der Waals surface area (Å²) in [4.78, 5) is 58.8. The van der Waals surface area contributed by atoms with E-state index < -0.39 is 54.7 Å². The highest BCUT2D eigenvalue weighted by molar-refractivity contribution is 5.96. The molecule has 0 aromatic heterocycles. The van der Waals surface area contributed by atoms with E-state index in [9.17, 15) is 24.0 Å². The largest absolute Gasteiger partial charge is 0.462 e. The van der Waals surface area contributed by atoms with Crippen molar-refractivity contribution in [2.75, 3.05) is 11.9 Å². The smallest absolute Gasteiger partial charge is 0.303 e. The van der Waals surface area contributed by atoms with Gasteiger partial charge >= 0.3 is 23.9 Å². The third-order valence-corrected chi connectivity index (χ3v) is 3.61. The van der Waals surface area contributed by atoms with E-state index in [0.717, 1.165) is 33.3 Å². The van der Waals surface area contributed by atoms with Gasteiger partial charge in [-0.25, -0.2) is 0 Å². The van der Waals surface area contributed by atoms with Gasteiger partial charge in [-0.1, -0.05) is 17.7 Å². The minimum atomic E-state index is -1.69. The summed E-state index contributed by atoms with van der Waals surface area (Å²) in [5.41, 5.74) is 1.35. The van der Waals surface area contributed by atoms with Crippen LogP contribution in [0.2, 0.25) is 0 Å². The second-order valence-electron chi connectivity index (χ2n) is 6.41. The van der Waals surface area contributed by atoms with Gasteiger partial charge in [0.25, 0.3) is 5.91 Å². The lowest BCUT2D eigenvalue weighted by molar-refractivity contribution is -0.190. The van der Waals surface area contributed by atoms with Crippen molar-refractivity contribution < 1.29 is 42.9 Å². The maximum Gasteiger partial charge on any atom is 0.303 e. The van der Waals surface area contributed by atoms with Gasteiger partial charge in [0.05, 0.1) is 0 Å². The Kier molecular flexibility index (Phi) is 9.47. The van der Waals surface area contributed by atoms with Gasteiger partial charge in [0, 0.05) is 33.4 Å². The van der Waals surface area contributed by atoms with Gasteiger partial charge < -0.3 is 24.3 Å².